The second-order valence-electron chi connectivity index (χ2n) is 5.85. The fourth-order valence-electron chi connectivity index (χ4n) is 2.63. The normalized spacial score (nSPS) is 11.0. The number of aromatic nitrogens is 3. The second kappa shape index (κ2) is 8.89. The third kappa shape index (κ3) is 4.46. The minimum Gasteiger partial charge on any atom is -0.396 e. The summed E-state index contributed by atoms with van der Waals surface area (Å²) < 4.78 is 14.1. The zero-order valence-electron chi connectivity index (χ0n) is 14.2. The first-order valence-electron chi connectivity index (χ1n) is 8.43. The van der Waals surface area contributed by atoms with Crippen LogP contribution >= 0.6 is 11.6 Å². The van der Waals surface area contributed by atoms with Gasteiger partial charge in [-0.2, -0.15) is 15.0 Å². The average molecular weight is 375 g/mol. The highest BCUT2D eigenvalue weighted by Gasteiger charge is 2.15. The summed E-state index contributed by atoms with van der Waals surface area (Å²) in [6.07, 6.45) is 0.666. The highest BCUT2D eigenvalue weighted by Crippen LogP contribution is 2.23. The molecular formula is C19H20ClFN4O. The van der Waals surface area contributed by atoms with Crippen molar-refractivity contribution < 1.29 is 9.50 Å². The van der Waals surface area contributed by atoms with Crippen LogP contribution in [0.5, 0.6) is 0 Å². The SMILES string of the molecule is OCCCNCc1nn(Cc2c(F)cccc2Cl)nc1-c1ccccc1. The molecular weight excluding hydrogens is 355 g/mol. The van der Waals surface area contributed by atoms with Crippen molar-refractivity contribution in [3.63, 3.8) is 0 Å². The van der Waals surface area contributed by atoms with Crippen LogP contribution in [0.15, 0.2) is 48.5 Å². The molecule has 0 amide bonds. The summed E-state index contributed by atoms with van der Waals surface area (Å²) in [7, 11) is 0. The lowest BCUT2D eigenvalue weighted by Gasteiger charge is -2.04. The maximum absolute atomic E-state index is 14.1. The molecule has 2 N–H and O–H groups in total. The van der Waals surface area contributed by atoms with Gasteiger partial charge in [0.05, 0.1) is 6.54 Å². The highest BCUT2D eigenvalue weighted by atomic mass is 35.5. The van der Waals surface area contributed by atoms with Gasteiger partial charge in [-0.05, 0) is 25.1 Å². The lowest BCUT2D eigenvalue weighted by Crippen LogP contribution is -2.17. The Labute approximate surface area is 156 Å². The van der Waals surface area contributed by atoms with Crippen molar-refractivity contribution in [1.29, 1.82) is 0 Å². The Morgan fingerprint density at radius 1 is 1.08 bits per heavy atom. The fourth-order valence-corrected chi connectivity index (χ4v) is 2.85. The molecule has 0 aliphatic carbocycles. The molecule has 7 heteroatoms. The molecule has 0 unspecified atom stereocenters. The van der Waals surface area contributed by atoms with E-state index in [1.807, 2.05) is 30.3 Å². The summed E-state index contributed by atoms with van der Waals surface area (Å²) in [5.74, 6) is -0.376. The topological polar surface area (TPSA) is 63.0 Å². The molecule has 26 heavy (non-hydrogen) atoms. The Kier molecular flexibility index (Phi) is 6.33. The summed E-state index contributed by atoms with van der Waals surface area (Å²) in [5.41, 5.74) is 2.82. The van der Waals surface area contributed by atoms with Crippen LogP contribution in [0, 0.1) is 5.82 Å². The zero-order chi connectivity index (χ0) is 18.4. The van der Waals surface area contributed by atoms with Gasteiger partial charge >= 0.3 is 0 Å². The van der Waals surface area contributed by atoms with E-state index in [4.69, 9.17) is 16.7 Å². The van der Waals surface area contributed by atoms with E-state index in [2.05, 4.69) is 15.5 Å². The van der Waals surface area contributed by atoms with Gasteiger partial charge in [0, 0.05) is 29.3 Å². The molecule has 0 radical (unpaired) electrons. The molecule has 0 fully saturated rings. The van der Waals surface area contributed by atoms with E-state index in [9.17, 15) is 4.39 Å². The van der Waals surface area contributed by atoms with Crippen LogP contribution < -0.4 is 5.32 Å². The molecule has 0 saturated heterocycles. The maximum Gasteiger partial charge on any atom is 0.129 e. The molecule has 3 aromatic rings. The molecule has 1 heterocycles. The number of halogens is 2. The number of hydrogen-bond donors (Lipinski definition) is 2. The molecule has 0 bridgehead atoms. The van der Waals surface area contributed by atoms with E-state index in [0.717, 1.165) is 17.0 Å². The smallest absolute Gasteiger partial charge is 0.129 e. The molecule has 1 aromatic heterocycles. The fraction of sp³-hybridized carbons (Fsp3) is 0.263. The molecule has 0 aliphatic heterocycles. The monoisotopic (exact) mass is 374 g/mol. The molecule has 5 nitrogen and oxygen atoms in total. The lowest BCUT2D eigenvalue weighted by atomic mass is 10.1. The Morgan fingerprint density at radius 3 is 2.62 bits per heavy atom. The summed E-state index contributed by atoms with van der Waals surface area (Å²) in [5, 5.41) is 21.6. The maximum atomic E-state index is 14.1. The second-order valence-corrected chi connectivity index (χ2v) is 6.25. The van der Waals surface area contributed by atoms with Crippen molar-refractivity contribution in [1.82, 2.24) is 20.3 Å². The number of hydrogen-bond acceptors (Lipinski definition) is 4. The number of benzene rings is 2. The van der Waals surface area contributed by atoms with E-state index >= 15 is 0 Å². The predicted octanol–water partition coefficient (Wildman–Crippen LogP) is 3.26. The van der Waals surface area contributed by atoms with E-state index in [-0.39, 0.29) is 19.0 Å². The molecule has 0 saturated carbocycles. The van der Waals surface area contributed by atoms with Crippen molar-refractivity contribution in [2.24, 2.45) is 0 Å². The van der Waals surface area contributed by atoms with Gasteiger partial charge in [-0.15, -0.1) is 0 Å². The van der Waals surface area contributed by atoms with E-state index in [1.165, 1.54) is 10.9 Å². The third-order valence-corrected chi connectivity index (χ3v) is 4.29. The summed E-state index contributed by atoms with van der Waals surface area (Å²) in [4.78, 5) is 1.47. The molecule has 3 rings (SSSR count). The third-order valence-electron chi connectivity index (χ3n) is 3.94. The number of aliphatic hydroxyl groups is 1. The number of aliphatic hydroxyl groups excluding tert-OH is 1. The number of nitrogens with one attached hydrogen (secondary N) is 1. The summed E-state index contributed by atoms with van der Waals surface area (Å²) >= 11 is 6.12. The Bertz CT molecular complexity index is 834. The van der Waals surface area contributed by atoms with Crippen LogP contribution in [0.4, 0.5) is 4.39 Å². The number of rotatable bonds is 8. The quantitative estimate of drug-likeness (QED) is 0.594. The number of nitrogens with zero attached hydrogens (tertiary/aromatic N) is 3. The first kappa shape index (κ1) is 18.5. The van der Waals surface area contributed by atoms with E-state index in [0.29, 0.717) is 30.1 Å². The predicted molar refractivity (Wildman–Crippen MR) is 99.4 cm³/mol. The Hall–Kier alpha value is -2.28. The molecule has 2 aromatic carbocycles. The van der Waals surface area contributed by atoms with Crippen molar-refractivity contribution in [3.05, 3.63) is 70.6 Å². The Morgan fingerprint density at radius 2 is 1.88 bits per heavy atom. The van der Waals surface area contributed by atoms with Gasteiger partial charge in [-0.25, -0.2) is 4.39 Å². The summed E-state index contributed by atoms with van der Waals surface area (Å²) in [6, 6.07) is 14.3. The van der Waals surface area contributed by atoms with Gasteiger partial charge in [0.15, 0.2) is 0 Å². The zero-order valence-corrected chi connectivity index (χ0v) is 15.0. The minimum absolute atomic E-state index is 0.136. The average Bonchev–Trinajstić information content (AvgIpc) is 3.05. The van der Waals surface area contributed by atoms with Gasteiger partial charge in [-0.1, -0.05) is 48.0 Å². The van der Waals surface area contributed by atoms with Crippen LogP contribution in [0.3, 0.4) is 0 Å². The molecule has 136 valence electrons. The van der Waals surface area contributed by atoms with Gasteiger partial charge < -0.3 is 10.4 Å². The molecule has 0 spiro atoms. The van der Waals surface area contributed by atoms with Crippen LogP contribution in [-0.4, -0.2) is 33.3 Å². The van der Waals surface area contributed by atoms with Crippen molar-refractivity contribution >= 4 is 11.6 Å². The van der Waals surface area contributed by atoms with E-state index < -0.39 is 0 Å². The Balaban J connectivity index is 1.88. The van der Waals surface area contributed by atoms with Gasteiger partial charge in [0.1, 0.15) is 17.2 Å². The van der Waals surface area contributed by atoms with Crippen molar-refractivity contribution in [3.8, 4) is 11.3 Å². The minimum atomic E-state index is -0.376. The van der Waals surface area contributed by atoms with Crippen LogP contribution in [0.25, 0.3) is 11.3 Å². The highest BCUT2D eigenvalue weighted by molar-refractivity contribution is 6.31. The lowest BCUT2D eigenvalue weighted by molar-refractivity contribution is 0.286. The largest absolute Gasteiger partial charge is 0.396 e. The summed E-state index contributed by atoms with van der Waals surface area (Å²) in [6.45, 7) is 1.48. The van der Waals surface area contributed by atoms with Crippen LogP contribution in [-0.2, 0) is 13.1 Å². The van der Waals surface area contributed by atoms with E-state index in [1.54, 1.807) is 12.1 Å². The van der Waals surface area contributed by atoms with Crippen molar-refractivity contribution in [2.75, 3.05) is 13.2 Å². The molecule has 0 aliphatic rings. The van der Waals surface area contributed by atoms with Gasteiger partial charge in [0.25, 0.3) is 0 Å². The van der Waals surface area contributed by atoms with Crippen molar-refractivity contribution in [2.45, 2.75) is 19.5 Å². The first-order chi connectivity index (χ1) is 12.7. The van der Waals surface area contributed by atoms with Crippen LogP contribution in [0.2, 0.25) is 5.02 Å². The van der Waals surface area contributed by atoms with Crippen LogP contribution in [0.1, 0.15) is 17.7 Å². The standard InChI is InChI=1S/C19H20ClFN4O/c20-16-8-4-9-17(21)15(16)13-25-23-18(12-22-10-5-11-26)19(24-25)14-6-2-1-3-7-14/h1-4,6-9,22,26H,5,10-13H2. The van der Waals surface area contributed by atoms with Gasteiger partial charge in [-0.3, -0.25) is 0 Å². The first-order valence-corrected chi connectivity index (χ1v) is 8.80. The molecule has 0 atom stereocenters. The van der Waals surface area contributed by atoms with Gasteiger partial charge in [0.2, 0.25) is 0 Å².